The molecule has 3 heteroatoms. The molecule has 0 aliphatic carbocycles. The number of nitrogens with zero attached hydrogens (tertiary/aromatic N) is 1. The second-order valence-electron chi connectivity index (χ2n) is 3.42. The van der Waals surface area contributed by atoms with Gasteiger partial charge in [0.15, 0.2) is 0 Å². The van der Waals surface area contributed by atoms with Gasteiger partial charge in [0.2, 0.25) is 6.41 Å². The van der Waals surface area contributed by atoms with Crippen molar-refractivity contribution in [2.45, 2.75) is 13.0 Å². The van der Waals surface area contributed by atoms with Crippen LogP contribution >= 0.6 is 0 Å². The third-order valence-electron chi connectivity index (χ3n) is 2.43. The van der Waals surface area contributed by atoms with E-state index in [0.717, 1.165) is 16.5 Å². The van der Waals surface area contributed by atoms with Crippen molar-refractivity contribution in [2.24, 2.45) is 0 Å². The maximum Gasteiger partial charge on any atom is 0.207 e. The number of pyridine rings is 1. The first-order valence-corrected chi connectivity index (χ1v) is 4.86. The molecule has 0 saturated carbocycles. The molecule has 1 aromatic heterocycles. The third kappa shape index (κ3) is 1.81. The Balaban J connectivity index is 2.55. The SMILES string of the molecule is CC(NC=O)c1nccc2ccccc12. The summed E-state index contributed by atoms with van der Waals surface area (Å²) in [7, 11) is 0. The zero-order chi connectivity index (χ0) is 10.7. The molecular weight excluding hydrogens is 188 g/mol. The van der Waals surface area contributed by atoms with Gasteiger partial charge in [-0.15, -0.1) is 0 Å². The van der Waals surface area contributed by atoms with E-state index in [2.05, 4.69) is 10.3 Å². The van der Waals surface area contributed by atoms with Crippen LogP contribution in [0.5, 0.6) is 0 Å². The maximum atomic E-state index is 10.4. The molecule has 0 saturated heterocycles. The highest BCUT2D eigenvalue weighted by molar-refractivity contribution is 5.84. The number of amides is 1. The summed E-state index contributed by atoms with van der Waals surface area (Å²) >= 11 is 0. The summed E-state index contributed by atoms with van der Waals surface area (Å²) in [5, 5.41) is 4.94. The lowest BCUT2D eigenvalue weighted by atomic mass is 10.1. The molecule has 0 radical (unpaired) electrons. The number of rotatable bonds is 3. The molecule has 0 aliphatic rings. The van der Waals surface area contributed by atoms with Crippen LogP contribution in [-0.2, 0) is 4.79 Å². The number of fused-ring (bicyclic) bond motifs is 1. The number of benzene rings is 1. The molecule has 0 aliphatic heterocycles. The van der Waals surface area contributed by atoms with Crippen LogP contribution in [0.25, 0.3) is 10.8 Å². The van der Waals surface area contributed by atoms with Gasteiger partial charge in [0.25, 0.3) is 0 Å². The number of aromatic nitrogens is 1. The van der Waals surface area contributed by atoms with Crippen molar-refractivity contribution < 1.29 is 4.79 Å². The molecule has 1 N–H and O–H groups in total. The van der Waals surface area contributed by atoms with Gasteiger partial charge in [-0.05, 0) is 18.4 Å². The van der Waals surface area contributed by atoms with Gasteiger partial charge >= 0.3 is 0 Å². The van der Waals surface area contributed by atoms with Crippen molar-refractivity contribution in [3.63, 3.8) is 0 Å². The molecule has 2 rings (SSSR count). The van der Waals surface area contributed by atoms with Gasteiger partial charge in [0.1, 0.15) is 0 Å². The Morgan fingerprint density at radius 1 is 1.33 bits per heavy atom. The van der Waals surface area contributed by atoms with E-state index in [1.165, 1.54) is 0 Å². The smallest absolute Gasteiger partial charge is 0.207 e. The Morgan fingerprint density at radius 3 is 2.93 bits per heavy atom. The molecule has 1 atom stereocenters. The minimum atomic E-state index is -0.0615. The largest absolute Gasteiger partial charge is 0.351 e. The number of hydrogen-bond donors (Lipinski definition) is 1. The van der Waals surface area contributed by atoms with Crippen molar-refractivity contribution in [3.05, 3.63) is 42.2 Å². The van der Waals surface area contributed by atoms with Crippen LogP contribution in [0.4, 0.5) is 0 Å². The van der Waals surface area contributed by atoms with E-state index in [-0.39, 0.29) is 6.04 Å². The van der Waals surface area contributed by atoms with Crippen LogP contribution in [0.1, 0.15) is 18.7 Å². The first-order chi connectivity index (χ1) is 7.33. The lowest BCUT2D eigenvalue weighted by Crippen LogP contribution is -2.17. The molecule has 0 fully saturated rings. The van der Waals surface area contributed by atoms with E-state index in [1.807, 2.05) is 37.3 Å². The quantitative estimate of drug-likeness (QED) is 0.770. The summed E-state index contributed by atoms with van der Waals surface area (Å²) in [5.74, 6) is 0. The average Bonchev–Trinajstić information content (AvgIpc) is 2.28. The standard InChI is InChI=1S/C12H12N2O/c1-9(14-8-15)12-11-5-3-2-4-10(11)6-7-13-12/h2-9H,1H3,(H,14,15). The highest BCUT2D eigenvalue weighted by atomic mass is 16.1. The Kier molecular flexibility index (Phi) is 2.63. The van der Waals surface area contributed by atoms with Crippen LogP contribution in [0.2, 0.25) is 0 Å². The predicted octanol–water partition coefficient (Wildman–Crippen LogP) is 2.04. The van der Waals surface area contributed by atoms with Gasteiger partial charge in [0.05, 0.1) is 11.7 Å². The molecule has 76 valence electrons. The van der Waals surface area contributed by atoms with E-state index in [1.54, 1.807) is 6.20 Å². The van der Waals surface area contributed by atoms with Gasteiger partial charge < -0.3 is 5.32 Å². The fourth-order valence-corrected chi connectivity index (χ4v) is 1.67. The van der Waals surface area contributed by atoms with Crippen molar-refractivity contribution in [3.8, 4) is 0 Å². The lowest BCUT2D eigenvalue weighted by Gasteiger charge is -2.11. The van der Waals surface area contributed by atoms with Crippen LogP contribution < -0.4 is 5.32 Å². The number of carbonyl (C=O) groups is 1. The van der Waals surface area contributed by atoms with E-state index in [0.29, 0.717) is 6.41 Å². The van der Waals surface area contributed by atoms with Gasteiger partial charge in [-0.1, -0.05) is 24.3 Å². The monoisotopic (exact) mass is 200 g/mol. The minimum Gasteiger partial charge on any atom is -0.351 e. The summed E-state index contributed by atoms with van der Waals surface area (Å²) in [4.78, 5) is 14.7. The Bertz CT molecular complexity index is 477. The third-order valence-corrected chi connectivity index (χ3v) is 2.43. The van der Waals surface area contributed by atoms with E-state index >= 15 is 0 Å². The molecule has 0 spiro atoms. The zero-order valence-electron chi connectivity index (χ0n) is 8.47. The van der Waals surface area contributed by atoms with E-state index in [4.69, 9.17) is 0 Å². The fourth-order valence-electron chi connectivity index (χ4n) is 1.67. The molecule has 2 aromatic rings. The molecule has 1 heterocycles. The summed E-state index contributed by atoms with van der Waals surface area (Å²) in [5.41, 5.74) is 0.903. The van der Waals surface area contributed by atoms with Crippen molar-refractivity contribution in [2.75, 3.05) is 0 Å². The normalized spacial score (nSPS) is 12.3. The Labute approximate surface area is 88.1 Å². The maximum absolute atomic E-state index is 10.4. The van der Waals surface area contributed by atoms with Gasteiger partial charge in [-0.2, -0.15) is 0 Å². The Hall–Kier alpha value is -1.90. The van der Waals surface area contributed by atoms with Crippen LogP contribution in [0, 0.1) is 0 Å². The summed E-state index contributed by atoms with van der Waals surface area (Å²) in [6.45, 7) is 1.92. The van der Waals surface area contributed by atoms with Gasteiger partial charge in [-0.3, -0.25) is 9.78 Å². The number of nitrogens with one attached hydrogen (secondary N) is 1. The fraction of sp³-hybridized carbons (Fsp3) is 0.167. The summed E-state index contributed by atoms with van der Waals surface area (Å²) in [6, 6.07) is 9.92. The molecular formula is C12H12N2O. The average molecular weight is 200 g/mol. The second kappa shape index (κ2) is 4.09. The molecule has 3 nitrogen and oxygen atoms in total. The van der Waals surface area contributed by atoms with Crippen LogP contribution in [-0.4, -0.2) is 11.4 Å². The molecule has 15 heavy (non-hydrogen) atoms. The Morgan fingerprint density at radius 2 is 2.13 bits per heavy atom. The van der Waals surface area contributed by atoms with Crippen molar-refractivity contribution in [1.29, 1.82) is 0 Å². The molecule has 1 unspecified atom stereocenters. The second-order valence-corrected chi connectivity index (χ2v) is 3.42. The zero-order valence-corrected chi connectivity index (χ0v) is 8.47. The molecule has 1 amide bonds. The van der Waals surface area contributed by atoms with E-state index in [9.17, 15) is 4.79 Å². The van der Waals surface area contributed by atoms with Gasteiger partial charge in [0, 0.05) is 11.6 Å². The van der Waals surface area contributed by atoms with Crippen molar-refractivity contribution >= 4 is 17.2 Å². The number of hydrogen-bond acceptors (Lipinski definition) is 2. The van der Waals surface area contributed by atoms with Crippen LogP contribution in [0.15, 0.2) is 36.5 Å². The topological polar surface area (TPSA) is 42.0 Å². The number of carbonyl (C=O) groups excluding carboxylic acids is 1. The van der Waals surface area contributed by atoms with Gasteiger partial charge in [-0.25, -0.2) is 0 Å². The highest BCUT2D eigenvalue weighted by Crippen LogP contribution is 2.21. The first-order valence-electron chi connectivity index (χ1n) is 4.86. The lowest BCUT2D eigenvalue weighted by molar-refractivity contribution is -0.110. The summed E-state index contributed by atoms with van der Waals surface area (Å²) in [6.07, 6.45) is 2.47. The predicted molar refractivity (Wildman–Crippen MR) is 59.4 cm³/mol. The van der Waals surface area contributed by atoms with Crippen LogP contribution in [0.3, 0.4) is 0 Å². The minimum absolute atomic E-state index is 0.0615. The molecule has 0 bridgehead atoms. The van der Waals surface area contributed by atoms with Crippen molar-refractivity contribution in [1.82, 2.24) is 10.3 Å². The highest BCUT2D eigenvalue weighted by Gasteiger charge is 2.08. The summed E-state index contributed by atoms with van der Waals surface area (Å²) < 4.78 is 0. The molecule has 1 aromatic carbocycles. The van der Waals surface area contributed by atoms with E-state index < -0.39 is 0 Å². The first kappa shape index (κ1) is 9.65.